The number of benzene rings is 1. The number of aromatic amines is 1. The number of rotatable bonds is 2. The Labute approximate surface area is 142 Å². The van der Waals surface area contributed by atoms with Gasteiger partial charge in [-0.1, -0.05) is 12.1 Å². The molecule has 9 heteroatoms. The number of carbonyl (C=O) groups is 3. The minimum Gasteiger partial charge on any atom is -0.332 e. The summed E-state index contributed by atoms with van der Waals surface area (Å²) in [5.41, 5.74) is 1.48. The lowest BCUT2D eigenvalue weighted by molar-refractivity contribution is -0.123. The highest BCUT2D eigenvalue weighted by molar-refractivity contribution is 6.07. The number of fused-ring (bicyclic) bond motifs is 1. The highest BCUT2D eigenvalue weighted by Crippen LogP contribution is 2.26. The fourth-order valence-electron chi connectivity index (χ4n) is 3.17. The summed E-state index contributed by atoms with van der Waals surface area (Å²) in [4.78, 5) is 38.1. The van der Waals surface area contributed by atoms with Crippen molar-refractivity contribution < 1.29 is 14.4 Å². The highest BCUT2D eigenvalue weighted by atomic mass is 16.2. The van der Waals surface area contributed by atoms with Crippen molar-refractivity contribution in [1.82, 2.24) is 30.9 Å². The van der Waals surface area contributed by atoms with Crippen molar-refractivity contribution >= 4 is 17.8 Å². The number of aromatic nitrogens is 3. The van der Waals surface area contributed by atoms with E-state index in [1.807, 2.05) is 0 Å². The van der Waals surface area contributed by atoms with E-state index in [9.17, 15) is 14.4 Å². The molecule has 0 spiro atoms. The van der Waals surface area contributed by atoms with Gasteiger partial charge in [0.05, 0.1) is 12.2 Å². The molecule has 1 aromatic carbocycles. The first kappa shape index (κ1) is 15.3. The molecule has 4 amide bonds. The standard InChI is InChI=1S/C16H16N6O3/c1-16(14(24)17-15(25)18-16)10-4-2-3-9(7-10)13(23)22-6-5-11-12(8-22)20-21-19-11/h2-4,7H,5-6,8H2,1H3,(H,19,20,21)(H2,17,18,24,25). The van der Waals surface area contributed by atoms with E-state index in [1.54, 1.807) is 36.1 Å². The molecule has 3 N–H and O–H groups in total. The van der Waals surface area contributed by atoms with Gasteiger partial charge >= 0.3 is 6.03 Å². The number of hydrogen-bond donors (Lipinski definition) is 3. The van der Waals surface area contributed by atoms with Gasteiger partial charge in [0.25, 0.3) is 11.8 Å². The summed E-state index contributed by atoms with van der Waals surface area (Å²) in [7, 11) is 0. The number of nitrogens with zero attached hydrogens (tertiary/aromatic N) is 3. The van der Waals surface area contributed by atoms with Gasteiger partial charge in [-0.2, -0.15) is 15.4 Å². The largest absolute Gasteiger partial charge is 0.332 e. The molecule has 2 aliphatic rings. The zero-order valence-corrected chi connectivity index (χ0v) is 13.5. The SMILES string of the molecule is CC1(c2cccc(C(=O)N3CCc4n[nH]nc4C3)c2)NC(=O)NC1=O. The van der Waals surface area contributed by atoms with Crippen LogP contribution in [0, 0.1) is 0 Å². The topological polar surface area (TPSA) is 120 Å². The summed E-state index contributed by atoms with van der Waals surface area (Å²) >= 11 is 0. The van der Waals surface area contributed by atoms with E-state index in [1.165, 1.54) is 0 Å². The molecular weight excluding hydrogens is 324 g/mol. The van der Waals surface area contributed by atoms with Gasteiger partial charge in [0, 0.05) is 18.5 Å². The zero-order chi connectivity index (χ0) is 17.6. The summed E-state index contributed by atoms with van der Waals surface area (Å²) in [6, 6.07) is 6.22. The van der Waals surface area contributed by atoms with E-state index in [4.69, 9.17) is 0 Å². The van der Waals surface area contributed by atoms with Gasteiger partial charge in [-0.15, -0.1) is 0 Å². The predicted octanol–water partition coefficient (Wildman–Crippen LogP) is 0.0578. The number of carbonyl (C=O) groups excluding carboxylic acids is 3. The van der Waals surface area contributed by atoms with Crippen LogP contribution in [0.4, 0.5) is 4.79 Å². The lowest BCUT2D eigenvalue weighted by Gasteiger charge is -2.26. The normalized spacial score (nSPS) is 22.4. The van der Waals surface area contributed by atoms with E-state index in [0.29, 0.717) is 30.6 Å². The zero-order valence-electron chi connectivity index (χ0n) is 13.5. The van der Waals surface area contributed by atoms with Gasteiger partial charge < -0.3 is 10.2 Å². The molecule has 0 saturated carbocycles. The average Bonchev–Trinajstić information content (AvgIpc) is 3.18. The van der Waals surface area contributed by atoms with Crippen molar-refractivity contribution in [2.45, 2.75) is 25.4 Å². The average molecular weight is 340 g/mol. The van der Waals surface area contributed by atoms with Crippen LogP contribution < -0.4 is 10.6 Å². The quantitative estimate of drug-likeness (QED) is 0.668. The Morgan fingerprint density at radius 2 is 2.04 bits per heavy atom. The molecule has 4 rings (SSSR count). The van der Waals surface area contributed by atoms with Crippen LogP contribution in [0.15, 0.2) is 24.3 Å². The molecule has 25 heavy (non-hydrogen) atoms. The molecule has 1 atom stereocenters. The monoisotopic (exact) mass is 340 g/mol. The molecule has 1 unspecified atom stereocenters. The molecule has 128 valence electrons. The number of imide groups is 1. The van der Waals surface area contributed by atoms with Gasteiger partial charge in [-0.25, -0.2) is 4.79 Å². The van der Waals surface area contributed by atoms with Gasteiger partial charge in [0.1, 0.15) is 11.2 Å². The van der Waals surface area contributed by atoms with Gasteiger partial charge in [-0.05, 0) is 24.6 Å². The third-order valence-electron chi connectivity index (χ3n) is 4.68. The molecule has 9 nitrogen and oxygen atoms in total. The number of nitrogens with one attached hydrogen (secondary N) is 3. The molecule has 1 aromatic heterocycles. The van der Waals surface area contributed by atoms with Crippen LogP contribution in [-0.4, -0.2) is 44.7 Å². The van der Waals surface area contributed by atoms with E-state index in [-0.39, 0.29) is 5.91 Å². The van der Waals surface area contributed by atoms with E-state index in [2.05, 4.69) is 26.0 Å². The Kier molecular flexibility index (Phi) is 3.31. The first-order valence-electron chi connectivity index (χ1n) is 7.89. The summed E-state index contributed by atoms with van der Waals surface area (Å²) < 4.78 is 0. The van der Waals surface area contributed by atoms with Crippen molar-refractivity contribution in [2.24, 2.45) is 0 Å². The molecule has 1 fully saturated rings. The van der Waals surface area contributed by atoms with Crippen LogP contribution in [0.3, 0.4) is 0 Å². The van der Waals surface area contributed by atoms with Crippen LogP contribution in [0.2, 0.25) is 0 Å². The molecule has 2 aromatic rings. The maximum Gasteiger partial charge on any atom is 0.322 e. The number of amides is 4. The van der Waals surface area contributed by atoms with Crippen molar-refractivity contribution in [3.63, 3.8) is 0 Å². The molecule has 2 aliphatic heterocycles. The lowest BCUT2D eigenvalue weighted by atomic mass is 9.91. The molecular formula is C16H16N6O3. The Balaban J connectivity index is 1.61. The van der Waals surface area contributed by atoms with E-state index < -0.39 is 17.5 Å². The Hall–Kier alpha value is -3.23. The second-order valence-corrected chi connectivity index (χ2v) is 6.31. The van der Waals surface area contributed by atoms with Crippen molar-refractivity contribution in [3.8, 4) is 0 Å². The smallest absolute Gasteiger partial charge is 0.322 e. The summed E-state index contributed by atoms with van der Waals surface area (Å²) in [5.74, 6) is -0.587. The fraction of sp³-hybridized carbons (Fsp3) is 0.312. The first-order valence-corrected chi connectivity index (χ1v) is 7.89. The summed E-state index contributed by atoms with van der Waals surface area (Å²) in [5, 5.41) is 15.5. The Morgan fingerprint density at radius 1 is 1.24 bits per heavy atom. The van der Waals surface area contributed by atoms with E-state index >= 15 is 0 Å². The molecule has 0 bridgehead atoms. The van der Waals surface area contributed by atoms with Crippen LogP contribution in [0.25, 0.3) is 0 Å². The number of H-pyrrole nitrogens is 1. The molecule has 0 aliphatic carbocycles. The predicted molar refractivity (Wildman–Crippen MR) is 85.3 cm³/mol. The summed E-state index contributed by atoms with van der Waals surface area (Å²) in [6.45, 7) is 2.56. The molecule has 1 saturated heterocycles. The second kappa shape index (κ2) is 5.40. The number of hydrogen-bond acceptors (Lipinski definition) is 5. The van der Waals surface area contributed by atoms with Gasteiger partial charge in [0.2, 0.25) is 0 Å². The Bertz CT molecular complexity index is 892. The highest BCUT2D eigenvalue weighted by Gasteiger charge is 2.43. The first-order chi connectivity index (χ1) is 12.0. The number of urea groups is 1. The van der Waals surface area contributed by atoms with Gasteiger partial charge in [0.15, 0.2) is 0 Å². The molecule has 3 heterocycles. The van der Waals surface area contributed by atoms with Crippen LogP contribution in [-0.2, 0) is 23.3 Å². The second-order valence-electron chi connectivity index (χ2n) is 6.31. The van der Waals surface area contributed by atoms with Gasteiger partial charge in [-0.3, -0.25) is 14.9 Å². The fourth-order valence-corrected chi connectivity index (χ4v) is 3.17. The van der Waals surface area contributed by atoms with Crippen molar-refractivity contribution in [1.29, 1.82) is 0 Å². The van der Waals surface area contributed by atoms with Crippen LogP contribution >= 0.6 is 0 Å². The maximum atomic E-state index is 12.8. The third kappa shape index (κ3) is 2.44. The minimum atomic E-state index is -1.19. The van der Waals surface area contributed by atoms with Crippen molar-refractivity contribution in [2.75, 3.05) is 6.54 Å². The molecule has 0 radical (unpaired) electrons. The third-order valence-corrected chi connectivity index (χ3v) is 4.68. The van der Waals surface area contributed by atoms with E-state index in [0.717, 1.165) is 11.4 Å². The van der Waals surface area contributed by atoms with Crippen LogP contribution in [0.5, 0.6) is 0 Å². The van der Waals surface area contributed by atoms with Crippen LogP contribution in [0.1, 0.15) is 34.2 Å². The lowest BCUT2D eigenvalue weighted by Crippen LogP contribution is -2.41. The van der Waals surface area contributed by atoms with Crippen molar-refractivity contribution in [3.05, 3.63) is 46.8 Å². The minimum absolute atomic E-state index is 0.149. The Morgan fingerprint density at radius 3 is 2.80 bits per heavy atom. The maximum absolute atomic E-state index is 12.8. The summed E-state index contributed by atoms with van der Waals surface area (Å²) in [6.07, 6.45) is 0.646.